The summed E-state index contributed by atoms with van der Waals surface area (Å²) in [7, 11) is 3.04. The quantitative estimate of drug-likeness (QED) is 0.713. The maximum Gasteiger partial charge on any atom is 0.340 e. The van der Waals surface area contributed by atoms with E-state index >= 15 is 0 Å². The number of carbonyl (C=O) groups is 1. The maximum absolute atomic E-state index is 12.7. The number of ether oxygens (including phenoxy) is 2. The van der Waals surface area contributed by atoms with E-state index in [2.05, 4.69) is 10.2 Å². The van der Waals surface area contributed by atoms with Crippen molar-refractivity contribution in [2.24, 2.45) is 5.92 Å². The Morgan fingerprint density at radius 3 is 2.74 bits per heavy atom. The molecule has 1 aromatic carbocycles. The zero-order valence-corrected chi connectivity index (χ0v) is 18.7. The number of amides is 1. The molecule has 0 unspecified atom stereocenters. The van der Waals surface area contributed by atoms with Gasteiger partial charge in [0.1, 0.15) is 0 Å². The van der Waals surface area contributed by atoms with Gasteiger partial charge in [-0.3, -0.25) is 4.79 Å². The standard InChI is InChI=1S/C24H32N2O5/c1-15-17-9-10-20(29-2)23(30-3)22(17)31-24(28)18(15)13-21(27)25-14-16-7-6-12-26-11-5-4-8-19(16)26/h9-10,16,19H,4-8,11-14H2,1-3H3,(H,25,27)/t16-,19+/m0/s1. The first-order valence-corrected chi connectivity index (χ1v) is 11.2. The molecule has 0 radical (unpaired) electrons. The lowest BCUT2D eigenvalue weighted by Crippen LogP contribution is -2.51. The van der Waals surface area contributed by atoms with Gasteiger partial charge in [-0.25, -0.2) is 4.79 Å². The van der Waals surface area contributed by atoms with E-state index in [0.29, 0.717) is 41.1 Å². The van der Waals surface area contributed by atoms with Crippen molar-refractivity contribution in [2.45, 2.75) is 51.5 Å². The van der Waals surface area contributed by atoms with Crippen LogP contribution in [0, 0.1) is 12.8 Å². The normalized spacial score (nSPS) is 21.5. The zero-order valence-electron chi connectivity index (χ0n) is 18.7. The maximum atomic E-state index is 12.7. The van der Waals surface area contributed by atoms with Crippen LogP contribution in [0.4, 0.5) is 0 Å². The van der Waals surface area contributed by atoms with Gasteiger partial charge in [-0.2, -0.15) is 0 Å². The van der Waals surface area contributed by atoms with Gasteiger partial charge in [-0.05, 0) is 69.3 Å². The van der Waals surface area contributed by atoms with Crippen LogP contribution in [-0.4, -0.2) is 50.7 Å². The highest BCUT2D eigenvalue weighted by Crippen LogP contribution is 2.36. The van der Waals surface area contributed by atoms with Crippen molar-refractivity contribution in [3.63, 3.8) is 0 Å². The number of hydrogen-bond acceptors (Lipinski definition) is 6. The molecule has 0 bridgehead atoms. The van der Waals surface area contributed by atoms with Gasteiger partial charge in [0.2, 0.25) is 11.7 Å². The average Bonchev–Trinajstić information content (AvgIpc) is 2.79. The van der Waals surface area contributed by atoms with Crippen molar-refractivity contribution < 1.29 is 18.7 Å². The highest BCUT2D eigenvalue weighted by atomic mass is 16.5. The lowest BCUT2D eigenvalue weighted by molar-refractivity contribution is -0.120. The van der Waals surface area contributed by atoms with Crippen LogP contribution >= 0.6 is 0 Å². The Kier molecular flexibility index (Phi) is 6.51. The lowest BCUT2D eigenvalue weighted by Gasteiger charge is -2.44. The fourth-order valence-electron chi connectivity index (χ4n) is 5.25. The van der Waals surface area contributed by atoms with Crippen molar-refractivity contribution in [1.29, 1.82) is 0 Å². The highest BCUT2D eigenvalue weighted by molar-refractivity contribution is 5.89. The van der Waals surface area contributed by atoms with Crippen LogP contribution in [0.2, 0.25) is 0 Å². The van der Waals surface area contributed by atoms with Crippen molar-refractivity contribution in [3.8, 4) is 11.5 Å². The van der Waals surface area contributed by atoms with Crippen LogP contribution in [0.3, 0.4) is 0 Å². The number of rotatable bonds is 6. The average molecular weight is 429 g/mol. The summed E-state index contributed by atoms with van der Waals surface area (Å²) < 4.78 is 16.2. The molecule has 1 amide bonds. The third kappa shape index (κ3) is 4.28. The molecule has 2 aliphatic heterocycles. The summed E-state index contributed by atoms with van der Waals surface area (Å²) in [6.07, 6.45) is 6.13. The number of nitrogens with zero attached hydrogens (tertiary/aromatic N) is 1. The molecule has 2 saturated heterocycles. The first-order chi connectivity index (χ1) is 15.0. The Balaban J connectivity index is 1.49. The lowest BCUT2D eigenvalue weighted by atomic mass is 9.83. The van der Waals surface area contributed by atoms with Crippen molar-refractivity contribution in [3.05, 3.63) is 33.7 Å². The number of piperidine rings is 2. The molecule has 1 aromatic heterocycles. The van der Waals surface area contributed by atoms with E-state index in [1.165, 1.54) is 53.0 Å². The Bertz CT molecular complexity index is 1010. The van der Waals surface area contributed by atoms with E-state index in [9.17, 15) is 9.59 Å². The second-order valence-electron chi connectivity index (χ2n) is 8.65. The van der Waals surface area contributed by atoms with Crippen molar-refractivity contribution >= 4 is 16.9 Å². The van der Waals surface area contributed by atoms with Crippen LogP contribution in [0.5, 0.6) is 11.5 Å². The molecule has 168 valence electrons. The Morgan fingerprint density at radius 1 is 1.16 bits per heavy atom. The van der Waals surface area contributed by atoms with Gasteiger partial charge < -0.3 is 24.1 Å². The number of nitrogens with one attached hydrogen (secondary N) is 1. The SMILES string of the molecule is COc1ccc2c(C)c(CC(=O)NC[C@@H]3CCCN4CCCC[C@H]34)c(=O)oc2c1OC. The van der Waals surface area contributed by atoms with Crippen LogP contribution in [-0.2, 0) is 11.2 Å². The van der Waals surface area contributed by atoms with Crippen LogP contribution in [0.1, 0.15) is 43.2 Å². The first-order valence-electron chi connectivity index (χ1n) is 11.2. The highest BCUT2D eigenvalue weighted by Gasteiger charge is 2.33. The Morgan fingerprint density at radius 2 is 1.97 bits per heavy atom. The van der Waals surface area contributed by atoms with Gasteiger partial charge in [0.15, 0.2) is 11.3 Å². The second-order valence-corrected chi connectivity index (χ2v) is 8.65. The summed E-state index contributed by atoms with van der Waals surface area (Å²) in [6, 6.07) is 4.19. The molecule has 7 nitrogen and oxygen atoms in total. The molecule has 2 atom stereocenters. The van der Waals surface area contributed by atoms with Crippen LogP contribution in [0.25, 0.3) is 11.0 Å². The van der Waals surface area contributed by atoms with Crippen LogP contribution in [0.15, 0.2) is 21.3 Å². The summed E-state index contributed by atoms with van der Waals surface area (Å²) in [5.41, 5.74) is 0.953. The van der Waals surface area contributed by atoms with E-state index < -0.39 is 5.63 Å². The molecule has 4 rings (SSSR count). The van der Waals surface area contributed by atoms with Gasteiger partial charge in [0, 0.05) is 18.0 Å². The number of aryl methyl sites for hydroxylation is 1. The molecule has 7 heteroatoms. The minimum Gasteiger partial charge on any atom is -0.493 e. The smallest absolute Gasteiger partial charge is 0.340 e. The first kappa shape index (κ1) is 21.7. The number of fused-ring (bicyclic) bond motifs is 2. The molecular weight excluding hydrogens is 396 g/mol. The number of benzene rings is 1. The van der Waals surface area contributed by atoms with Gasteiger partial charge >= 0.3 is 5.63 Å². The summed E-state index contributed by atoms with van der Waals surface area (Å²) in [5.74, 6) is 1.23. The van der Waals surface area contributed by atoms with Gasteiger partial charge in [-0.1, -0.05) is 6.42 Å². The topological polar surface area (TPSA) is 81.0 Å². The summed E-state index contributed by atoms with van der Waals surface area (Å²) >= 11 is 0. The number of hydrogen-bond donors (Lipinski definition) is 1. The molecule has 3 heterocycles. The van der Waals surface area contributed by atoms with E-state index in [1.807, 2.05) is 13.0 Å². The summed E-state index contributed by atoms with van der Waals surface area (Å²) in [6.45, 7) is 4.87. The molecule has 0 aliphatic carbocycles. The second kappa shape index (κ2) is 9.30. The minimum atomic E-state index is -0.511. The van der Waals surface area contributed by atoms with Crippen molar-refractivity contribution in [2.75, 3.05) is 33.9 Å². The minimum absolute atomic E-state index is 0.0134. The Hall–Kier alpha value is -2.54. The predicted octanol–water partition coefficient (Wildman–Crippen LogP) is 3.04. The molecular formula is C24H32N2O5. The van der Waals surface area contributed by atoms with E-state index in [-0.39, 0.29) is 12.3 Å². The molecule has 2 aliphatic rings. The Labute approximate surface area is 182 Å². The van der Waals surface area contributed by atoms with E-state index in [4.69, 9.17) is 13.9 Å². The van der Waals surface area contributed by atoms with Gasteiger partial charge in [0.25, 0.3) is 0 Å². The van der Waals surface area contributed by atoms with E-state index in [1.54, 1.807) is 6.07 Å². The molecule has 2 aromatic rings. The van der Waals surface area contributed by atoms with Crippen LogP contribution < -0.4 is 20.4 Å². The molecule has 2 fully saturated rings. The number of carbonyl (C=O) groups excluding carboxylic acids is 1. The molecule has 0 spiro atoms. The predicted molar refractivity (Wildman–Crippen MR) is 119 cm³/mol. The van der Waals surface area contributed by atoms with Crippen molar-refractivity contribution in [1.82, 2.24) is 10.2 Å². The monoisotopic (exact) mass is 428 g/mol. The largest absolute Gasteiger partial charge is 0.493 e. The number of methoxy groups -OCH3 is 2. The molecule has 0 saturated carbocycles. The molecule has 31 heavy (non-hydrogen) atoms. The zero-order chi connectivity index (χ0) is 22.0. The molecule has 1 N–H and O–H groups in total. The van der Waals surface area contributed by atoms with Gasteiger partial charge in [-0.15, -0.1) is 0 Å². The third-order valence-electron chi connectivity index (χ3n) is 6.93. The van der Waals surface area contributed by atoms with E-state index in [0.717, 1.165) is 17.4 Å². The third-order valence-corrected chi connectivity index (χ3v) is 6.93. The fraction of sp³-hybridized carbons (Fsp3) is 0.583. The summed E-state index contributed by atoms with van der Waals surface area (Å²) in [5, 5.41) is 3.83. The fourth-order valence-corrected chi connectivity index (χ4v) is 5.25. The summed E-state index contributed by atoms with van der Waals surface area (Å²) in [4.78, 5) is 28.0. The van der Waals surface area contributed by atoms with Gasteiger partial charge in [0.05, 0.1) is 26.2 Å².